The molecule has 0 aliphatic carbocycles. The van der Waals surface area contributed by atoms with Crippen molar-refractivity contribution in [3.63, 3.8) is 0 Å². The number of nitrogens with one attached hydrogen (secondary N) is 1. The summed E-state index contributed by atoms with van der Waals surface area (Å²) in [6.45, 7) is 2.42. The van der Waals surface area contributed by atoms with Gasteiger partial charge in [0.2, 0.25) is 0 Å². The molecule has 0 amide bonds. The molecule has 2 nitrogen and oxygen atoms in total. The molecule has 1 fully saturated rings. The molecule has 0 spiro atoms. The third kappa shape index (κ3) is 2.71. The number of thioether (sulfide) groups is 1. The van der Waals surface area contributed by atoms with E-state index in [-0.39, 0.29) is 0 Å². The molecule has 1 aromatic rings. The Morgan fingerprint density at radius 2 is 2.38 bits per heavy atom. The molecular weight excluding hydrogens is 180 g/mol. The number of hydrogen-bond acceptors (Lipinski definition) is 3. The molecule has 0 unspecified atom stereocenters. The van der Waals surface area contributed by atoms with Gasteiger partial charge in [0.05, 0.1) is 5.03 Å². The maximum Gasteiger partial charge on any atom is 0.0959 e. The smallest absolute Gasteiger partial charge is 0.0959 e. The largest absolute Gasteiger partial charge is 0.316 e. The van der Waals surface area contributed by atoms with Gasteiger partial charge in [-0.1, -0.05) is 6.07 Å². The predicted octanol–water partition coefficient (Wildman–Crippen LogP) is 1.78. The average molecular weight is 194 g/mol. The summed E-state index contributed by atoms with van der Waals surface area (Å²) < 4.78 is 0. The molecule has 0 aromatic carbocycles. The van der Waals surface area contributed by atoms with Gasteiger partial charge in [0.25, 0.3) is 0 Å². The van der Waals surface area contributed by atoms with E-state index in [1.54, 1.807) is 0 Å². The number of aromatic nitrogens is 1. The highest BCUT2D eigenvalue weighted by Crippen LogP contribution is 2.18. The van der Waals surface area contributed by atoms with E-state index in [9.17, 15) is 0 Å². The highest BCUT2D eigenvalue weighted by Gasteiger charge is 2.15. The summed E-state index contributed by atoms with van der Waals surface area (Å²) in [6, 6.07) is 6.07. The maximum absolute atomic E-state index is 4.27. The average Bonchev–Trinajstić information content (AvgIpc) is 2.11. The lowest BCUT2D eigenvalue weighted by Gasteiger charge is -2.26. The van der Waals surface area contributed by atoms with Crippen molar-refractivity contribution in [2.75, 3.05) is 18.8 Å². The lowest BCUT2D eigenvalue weighted by molar-refractivity contribution is 0.341. The molecule has 1 N–H and O–H groups in total. The maximum atomic E-state index is 4.27. The highest BCUT2D eigenvalue weighted by atomic mass is 32.2. The van der Waals surface area contributed by atoms with Gasteiger partial charge in [0, 0.05) is 6.20 Å². The monoisotopic (exact) mass is 194 g/mol. The second-order valence-corrected chi connectivity index (χ2v) is 4.44. The van der Waals surface area contributed by atoms with E-state index in [0.717, 1.165) is 10.9 Å². The van der Waals surface area contributed by atoms with Crippen molar-refractivity contribution in [1.82, 2.24) is 10.3 Å². The predicted molar refractivity (Wildman–Crippen MR) is 55.9 cm³/mol. The van der Waals surface area contributed by atoms with Gasteiger partial charge in [-0.3, -0.25) is 0 Å². The van der Waals surface area contributed by atoms with Gasteiger partial charge in [-0.05, 0) is 43.3 Å². The zero-order valence-electron chi connectivity index (χ0n) is 7.57. The van der Waals surface area contributed by atoms with Crippen LogP contribution in [0.3, 0.4) is 0 Å². The van der Waals surface area contributed by atoms with Gasteiger partial charge in [-0.25, -0.2) is 4.98 Å². The molecule has 0 bridgehead atoms. The van der Waals surface area contributed by atoms with Gasteiger partial charge >= 0.3 is 0 Å². The lowest BCUT2D eigenvalue weighted by Crippen LogP contribution is -2.42. The first kappa shape index (κ1) is 9.03. The van der Waals surface area contributed by atoms with Crippen molar-refractivity contribution in [1.29, 1.82) is 0 Å². The highest BCUT2D eigenvalue weighted by molar-refractivity contribution is 7.99. The molecule has 1 aliphatic rings. The van der Waals surface area contributed by atoms with Gasteiger partial charge in [-0.15, -0.1) is 11.8 Å². The summed E-state index contributed by atoms with van der Waals surface area (Å²) >= 11 is 1.86. The van der Waals surface area contributed by atoms with Crippen LogP contribution in [-0.4, -0.2) is 23.8 Å². The molecule has 2 rings (SSSR count). The van der Waals surface area contributed by atoms with Crippen molar-refractivity contribution in [2.24, 2.45) is 5.92 Å². The molecule has 0 saturated carbocycles. The van der Waals surface area contributed by atoms with Crippen LogP contribution < -0.4 is 5.32 Å². The van der Waals surface area contributed by atoms with Crippen LogP contribution in [0.5, 0.6) is 0 Å². The summed E-state index contributed by atoms with van der Waals surface area (Å²) in [6.07, 6.45) is 3.17. The molecule has 2 heterocycles. The third-order valence-electron chi connectivity index (χ3n) is 2.28. The molecular formula is C10H14N2S. The van der Waals surface area contributed by atoms with Crippen molar-refractivity contribution in [2.45, 2.75) is 11.4 Å². The van der Waals surface area contributed by atoms with Crippen molar-refractivity contribution >= 4 is 11.8 Å². The zero-order valence-corrected chi connectivity index (χ0v) is 8.39. The number of rotatable bonds is 4. The van der Waals surface area contributed by atoms with Crippen LogP contribution >= 0.6 is 11.8 Å². The van der Waals surface area contributed by atoms with Gasteiger partial charge in [0.1, 0.15) is 0 Å². The molecule has 70 valence electrons. The van der Waals surface area contributed by atoms with Crippen LogP contribution in [-0.2, 0) is 0 Å². The van der Waals surface area contributed by atoms with Crippen LogP contribution in [0.1, 0.15) is 6.42 Å². The third-order valence-corrected chi connectivity index (χ3v) is 3.26. The molecule has 0 radical (unpaired) electrons. The number of hydrogen-bond donors (Lipinski definition) is 1. The fraction of sp³-hybridized carbons (Fsp3) is 0.500. The van der Waals surface area contributed by atoms with Gasteiger partial charge in [0.15, 0.2) is 0 Å². The Morgan fingerprint density at radius 3 is 3.00 bits per heavy atom. The molecule has 3 heteroatoms. The lowest BCUT2D eigenvalue weighted by atomic mass is 10.0. The minimum atomic E-state index is 0.913. The molecule has 1 aromatic heterocycles. The van der Waals surface area contributed by atoms with Crippen LogP contribution in [0.4, 0.5) is 0 Å². The quantitative estimate of drug-likeness (QED) is 0.740. The Hall–Kier alpha value is -0.540. The van der Waals surface area contributed by atoms with Gasteiger partial charge < -0.3 is 5.32 Å². The van der Waals surface area contributed by atoms with Crippen LogP contribution in [0.25, 0.3) is 0 Å². The first-order valence-corrected chi connectivity index (χ1v) is 5.68. The van der Waals surface area contributed by atoms with E-state index < -0.39 is 0 Å². The van der Waals surface area contributed by atoms with Crippen LogP contribution in [0.2, 0.25) is 0 Å². The summed E-state index contributed by atoms with van der Waals surface area (Å²) in [5.41, 5.74) is 0. The van der Waals surface area contributed by atoms with Crippen molar-refractivity contribution in [3.8, 4) is 0 Å². The minimum Gasteiger partial charge on any atom is -0.316 e. The Kier molecular flexibility index (Phi) is 3.22. The topological polar surface area (TPSA) is 24.9 Å². The van der Waals surface area contributed by atoms with Crippen molar-refractivity contribution < 1.29 is 0 Å². The zero-order chi connectivity index (χ0) is 8.93. The standard InChI is InChI=1S/C10H14N2S/c1-2-5-12-10(3-1)13-6-4-9-7-11-8-9/h1-3,5,9,11H,4,6-8H2. The van der Waals surface area contributed by atoms with E-state index in [4.69, 9.17) is 0 Å². The van der Waals surface area contributed by atoms with Crippen LogP contribution in [0.15, 0.2) is 29.4 Å². The summed E-state index contributed by atoms with van der Waals surface area (Å²) in [4.78, 5) is 4.27. The fourth-order valence-corrected chi connectivity index (χ4v) is 2.29. The van der Waals surface area contributed by atoms with E-state index in [1.165, 1.54) is 25.3 Å². The fourth-order valence-electron chi connectivity index (χ4n) is 1.32. The molecule has 0 atom stereocenters. The summed E-state index contributed by atoms with van der Waals surface area (Å²) in [5.74, 6) is 2.11. The first-order chi connectivity index (χ1) is 6.45. The first-order valence-electron chi connectivity index (χ1n) is 4.70. The summed E-state index contributed by atoms with van der Waals surface area (Å²) in [5, 5.41) is 4.43. The van der Waals surface area contributed by atoms with Crippen LogP contribution in [0, 0.1) is 5.92 Å². The second-order valence-electron chi connectivity index (χ2n) is 3.33. The molecule has 13 heavy (non-hydrogen) atoms. The van der Waals surface area contributed by atoms with E-state index in [1.807, 2.05) is 30.1 Å². The minimum absolute atomic E-state index is 0.913. The number of pyridine rings is 1. The second kappa shape index (κ2) is 4.63. The Labute approximate surface area is 83.1 Å². The van der Waals surface area contributed by atoms with Gasteiger partial charge in [-0.2, -0.15) is 0 Å². The van der Waals surface area contributed by atoms with Crippen molar-refractivity contribution in [3.05, 3.63) is 24.4 Å². The van der Waals surface area contributed by atoms with E-state index >= 15 is 0 Å². The van der Waals surface area contributed by atoms with E-state index in [2.05, 4.69) is 16.4 Å². The Morgan fingerprint density at radius 1 is 1.46 bits per heavy atom. The summed E-state index contributed by atoms with van der Waals surface area (Å²) in [7, 11) is 0. The molecule has 1 aliphatic heterocycles. The Bertz CT molecular complexity index is 246. The number of nitrogens with zero attached hydrogens (tertiary/aromatic N) is 1. The Balaban J connectivity index is 1.67. The normalized spacial score (nSPS) is 16.9. The SMILES string of the molecule is c1ccc(SCCC2CNC2)nc1. The van der Waals surface area contributed by atoms with E-state index in [0.29, 0.717) is 0 Å². The molecule has 1 saturated heterocycles.